The molecule has 0 aliphatic heterocycles. The topological polar surface area (TPSA) is 76.7 Å². The van der Waals surface area contributed by atoms with E-state index in [1.54, 1.807) is 7.05 Å². The van der Waals surface area contributed by atoms with Crippen molar-refractivity contribution in [2.24, 2.45) is 0 Å². The smallest absolute Gasteiger partial charge is 0.242 e. The largest absolute Gasteiger partial charge is 0.372 e. The van der Waals surface area contributed by atoms with Gasteiger partial charge in [-0.25, -0.2) is 0 Å². The maximum absolute atomic E-state index is 5.21. The quantitative estimate of drug-likeness (QED) is 0.529. The molecule has 9 heavy (non-hydrogen) atoms. The number of nitrogens with two attached hydrogens (primary N) is 1. The van der Waals surface area contributed by atoms with Gasteiger partial charge in [0.1, 0.15) is 5.82 Å². The number of nitrogen functional groups attached to an aromatic ring is 1. The van der Waals surface area contributed by atoms with E-state index in [0.29, 0.717) is 5.82 Å². The van der Waals surface area contributed by atoms with E-state index in [2.05, 4.69) is 20.5 Å². The van der Waals surface area contributed by atoms with Crippen molar-refractivity contribution >= 4 is 11.8 Å². The fourth-order valence-corrected chi connectivity index (χ4v) is 0.438. The molecule has 0 saturated carbocycles. The first-order valence-corrected chi connectivity index (χ1v) is 2.46. The van der Waals surface area contributed by atoms with Crippen molar-refractivity contribution in [3.63, 3.8) is 0 Å². The molecule has 1 rings (SSSR count). The third-order valence-electron chi connectivity index (χ3n) is 0.831. The van der Waals surface area contributed by atoms with Gasteiger partial charge in [0.05, 0.1) is 6.20 Å². The van der Waals surface area contributed by atoms with E-state index >= 15 is 0 Å². The summed E-state index contributed by atoms with van der Waals surface area (Å²) in [5.74, 6) is 0.810. The lowest BCUT2D eigenvalue weighted by Crippen LogP contribution is -2.00. The van der Waals surface area contributed by atoms with Gasteiger partial charge in [-0.15, -0.1) is 5.10 Å². The molecule has 48 valence electrons. The Morgan fingerprint density at radius 3 is 2.89 bits per heavy atom. The average molecular weight is 125 g/mol. The van der Waals surface area contributed by atoms with Gasteiger partial charge in [-0.05, 0) is 0 Å². The zero-order valence-corrected chi connectivity index (χ0v) is 5.00. The standard InChI is InChI=1S/C4H7N5/c1-6-3-2-7-9-4(5)8-3/h2H,1H3,(H3,5,6,8,9). The summed E-state index contributed by atoms with van der Waals surface area (Å²) in [7, 11) is 1.74. The van der Waals surface area contributed by atoms with Crippen molar-refractivity contribution < 1.29 is 0 Å². The van der Waals surface area contributed by atoms with Crippen LogP contribution in [0, 0.1) is 0 Å². The summed E-state index contributed by atoms with van der Waals surface area (Å²) in [5.41, 5.74) is 5.21. The zero-order chi connectivity index (χ0) is 6.69. The Kier molecular flexibility index (Phi) is 1.44. The van der Waals surface area contributed by atoms with E-state index in [1.807, 2.05) is 0 Å². The minimum absolute atomic E-state index is 0.182. The van der Waals surface area contributed by atoms with Crippen molar-refractivity contribution in [2.75, 3.05) is 18.1 Å². The van der Waals surface area contributed by atoms with Crippen LogP contribution >= 0.6 is 0 Å². The highest BCUT2D eigenvalue weighted by molar-refractivity contribution is 5.33. The van der Waals surface area contributed by atoms with Crippen molar-refractivity contribution in [1.82, 2.24) is 15.2 Å². The molecule has 0 fully saturated rings. The summed E-state index contributed by atoms with van der Waals surface area (Å²) in [6.45, 7) is 0. The Balaban J connectivity index is 2.94. The lowest BCUT2D eigenvalue weighted by Gasteiger charge is -1.94. The van der Waals surface area contributed by atoms with Gasteiger partial charge in [0.2, 0.25) is 5.95 Å². The van der Waals surface area contributed by atoms with Gasteiger partial charge in [0.25, 0.3) is 0 Å². The maximum atomic E-state index is 5.21. The van der Waals surface area contributed by atoms with Crippen LogP contribution in [0.2, 0.25) is 0 Å². The molecule has 0 atom stereocenters. The van der Waals surface area contributed by atoms with Gasteiger partial charge >= 0.3 is 0 Å². The molecule has 0 spiro atoms. The van der Waals surface area contributed by atoms with Crippen molar-refractivity contribution in [3.05, 3.63) is 6.20 Å². The van der Waals surface area contributed by atoms with Crippen molar-refractivity contribution in [2.45, 2.75) is 0 Å². The Hall–Kier alpha value is -1.39. The van der Waals surface area contributed by atoms with Crippen LogP contribution in [0.25, 0.3) is 0 Å². The Labute approximate surface area is 52.3 Å². The molecule has 5 heteroatoms. The first kappa shape index (κ1) is 5.74. The predicted molar refractivity (Wildman–Crippen MR) is 33.8 cm³/mol. The van der Waals surface area contributed by atoms with Gasteiger partial charge in [0.15, 0.2) is 0 Å². The van der Waals surface area contributed by atoms with Crippen LogP contribution in [-0.4, -0.2) is 22.2 Å². The number of nitrogens with one attached hydrogen (secondary N) is 1. The molecule has 5 nitrogen and oxygen atoms in total. The fraction of sp³-hybridized carbons (Fsp3) is 0.250. The minimum atomic E-state index is 0.182. The van der Waals surface area contributed by atoms with Gasteiger partial charge in [0, 0.05) is 7.05 Å². The molecule has 0 aliphatic rings. The molecule has 1 aromatic heterocycles. The molecule has 1 heterocycles. The van der Waals surface area contributed by atoms with Crippen LogP contribution < -0.4 is 11.1 Å². The molecule has 0 unspecified atom stereocenters. The predicted octanol–water partition coefficient (Wildman–Crippen LogP) is -0.505. The first-order chi connectivity index (χ1) is 4.33. The maximum Gasteiger partial charge on any atom is 0.242 e. The molecule has 1 aromatic rings. The van der Waals surface area contributed by atoms with Gasteiger partial charge in [-0.2, -0.15) is 10.1 Å². The molecule has 0 radical (unpaired) electrons. The Morgan fingerprint density at radius 1 is 1.67 bits per heavy atom. The summed E-state index contributed by atoms with van der Waals surface area (Å²) >= 11 is 0. The fourth-order valence-electron chi connectivity index (χ4n) is 0.438. The van der Waals surface area contributed by atoms with Crippen LogP contribution in [0.4, 0.5) is 11.8 Å². The number of rotatable bonds is 1. The van der Waals surface area contributed by atoms with E-state index in [9.17, 15) is 0 Å². The summed E-state index contributed by atoms with van der Waals surface area (Å²) in [6.07, 6.45) is 1.50. The van der Waals surface area contributed by atoms with E-state index < -0.39 is 0 Å². The number of aromatic nitrogens is 3. The first-order valence-electron chi connectivity index (χ1n) is 2.46. The molecule has 0 bridgehead atoms. The molecule has 0 amide bonds. The summed E-state index contributed by atoms with van der Waals surface area (Å²) in [4.78, 5) is 3.78. The van der Waals surface area contributed by atoms with E-state index in [4.69, 9.17) is 5.73 Å². The minimum Gasteiger partial charge on any atom is -0.372 e. The Morgan fingerprint density at radius 2 is 2.44 bits per heavy atom. The van der Waals surface area contributed by atoms with Crippen molar-refractivity contribution in [1.29, 1.82) is 0 Å². The third-order valence-corrected chi connectivity index (χ3v) is 0.831. The van der Waals surface area contributed by atoms with Gasteiger partial charge in [-0.3, -0.25) is 0 Å². The average Bonchev–Trinajstić information content (AvgIpc) is 1.88. The molecule has 0 saturated heterocycles. The molecule has 3 N–H and O–H groups in total. The van der Waals surface area contributed by atoms with Crippen LogP contribution in [0.15, 0.2) is 6.20 Å². The van der Waals surface area contributed by atoms with Gasteiger partial charge in [-0.1, -0.05) is 0 Å². The van der Waals surface area contributed by atoms with Gasteiger partial charge < -0.3 is 11.1 Å². The lowest BCUT2D eigenvalue weighted by atomic mass is 10.7. The highest BCUT2D eigenvalue weighted by Crippen LogP contribution is 1.96. The van der Waals surface area contributed by atoms with E-state index in [0.717, 1.165) is 0 Å². The van der Waals surface area contributed by atoms with E-state index in [-0.39, 0.29) is 5.95 Å². The number of nitrogens with zero attached hydrogens (tertiary/aromatic N) is 3. The summed E-state index contributed by atoms with van der Waals surface area (Å²) in [6, 6.07) is 0. The highest BCUT2D eigenvalue weighted by Gasteiger charge is 1.89. The lowest BCUT2D eigenvalue weighted by molar-refractivity contribution is 0.987. The summed E-state index contributed by atoms with van der Waals surface area (Å²) in [5, 5.41) is 9.79. The normalized spacial score (nSPS) is 9.00. The summed E-state index contributed by atoms with van der Waals surface area (Å²) < 4.78 is 0. The zero-order valence-electron chi connectivity index (χ0n) is 5.00. The van der Waals surface area contributed by atoms with Crippen LogP contribution in [0.1, 0.15) is 0 Å². The monoisotopic (exact) mass is 125 g/mol. The molecular formula is C4H7N5. The second kappa shape index (κ2) is 2.25. The SMILES string of the molecule is CNc1cnnc(N)n1. The second-order valence-corrected chi connectivity index (χ2v) is 1.45. The van der Waals surface area contributed by atoms with Crippen LogP contribution in [0.5, 0.6) is 0 Å². The molecule has 0 aromatic carbocycles. The highest BCUT2D eigenvalue weighted by atomic mass is 15.2. The molecule has 0 aliphatic carbocycles. The van der Waals surface area contributed by atoms with Crippen LogP contribution in [-0.2, 0) is 0 Å². The van der Waals surface area contributed by atoms with Crippen LogP contribution in [0.3, 0.4) is 0 Å². The number of hydrogen-bond donors (Lipinski definition) is 2. The van der Waals surface area contributed by atoms with E-state index in [1.165, 1.54) is 6.20 Å². The van der Waals surface area contributed by atoms with Crippen molar-refractivity contribution in [3.8, 4) is 0 Å². The second-order valence-electron chi connectivity index (χ2n) is 1.45. The Bertz CT molecular complexity index is 198. The number of anilines is 2. The number of hydrogen-bond acceptors (Lipinski definition) is 5. The third kappa shape index (κ3) is 1.25. The molecular weight excluding hydrogens is 118 g/mol.